The number of rotatable bonds is 4. The molecule has 9 aromatic rings. The summed E-state index contributed by atoms with van der Waals surface area (Å²) in [6.45, 7) is 0. The van der Waals surface area contributed by atoms with Crippen LogP contribution in [0, 0.1) is 0 Å². The zero-order valence-corrected chi connectivity index (χ0v) is 24.7. The lowest BCUT2D eigenvalue weighted by Crippen LogP contribution is -2.10. The van der Waals surface area contributed by atoms with Crippen molar-refractivity contribution in [1.29, 1.82) is 0 Å². The molecule has 0 atom stereocenters. The van der Waals surface area contributed by atoms with Crippen LogP contribution >= 0.6 is 22.7 Å². The number of nitrogens with zero attached hydrogens (tertiary/aromatic N) is 2. The molecule has 43 heavy (non-hydrogen) atoms. The van der Waals surface area contributed by atoms with Gasteiger partial charge >= 0.3 is 0 Å². The van der Waals surface area contributed by atoms with E-state index in [1.807, 2.05) is 17.5 Å². The molecular formula is C39H24N2S2. The van der Waals surface area contributed by atoms with Crippen LogP contribution in [0.3, 0.4) is 0 Å². The minimum absolute atomic E-state index is 1.05. The van der Waals surface area contributed by atoms with Crippen molar-refractivity contribution in [2.75, 3.05) is 4.90 Å². The summed E-state index contributed by atoms with van der Waals surface area (Å²) in [5.41, 5.74) is 5.73. The maximum atomic E-state index is 5.07. The van der Waals surface area contributed by atoms with E-state index in [1.54, 1.807) is 11.3 Å². The predicted octanol–water partition coefficient (Wildman–Crippen LogP) is 12.1. The molecule has 4 heteroatoms. The van der Waals surface area contributed by atoms with Crippen molar-refractivity contribution < 1.29 is 0 Å². The standard InChI is InChI=1S/C39H24N2S2/c1-2-9-25(10-3-1)26-17-20-28(21-18-26)41(34-14-8-16-36-37(34)32-13-6-7-15-35(32)42-36)29-23-33-31-22-19-27-11-4-5-12-30(27)38(31)43-39(33)40-24-29/h1-24H. The Balaban J connectivity index is 1.29. The van der Waals surface area contributed by atoms with Crippen molar-refractivity contribution in [2.24, 2.45) is 0 Å². The zero-order chi connectivity index (χ0) is 28.3. The van der Waals surface area contributed by atoms with Gasteiger partial charge in [0.2, 0.25) is 0 Å². The maximum absolute atomic E-state index is 5.07. The molecule has 0 unspecified atom stereocenters. The van der Waals surface area contributed by atoms with Crippen molar-refractivity contribution in [3.8, 4) is 11.1 Å². The Labute approximate surface area is 256 Å². The average molecular weight is 585 g/mol. The Hall–Kier alpha value is -5.03. The minimum atomic E-state index is 1.05. The zero-order valence-electron chi connectivity index (χ0n) is 23.1. The number of thiophene rings is 2. The van der Waals surface area contributed by atoms with Crippen molar-refractivity contribution >= 4 is 91.0 Å². The fraction of sp³-hybridized carbons (Fsp3) is 0. The van der Waals surface area contributed by atoms with E-state index in [1.165, 1.54) is 57.5 Å². The first kappa shape index (κ1) is 24.6. The van der Waals surface area contributed by atoms with E-state index in [0.29, 0.717) is 0 Å². The first-order valence-corrected chi connectivity index (χ1v) is 16.0. The minimum Gasteiger partial charge on any atom is -0.308 e. The van der Waals surface area contributed by atoms with Crippen LogP contribution in [0.25, 0.3) is 62.4 Å². The highest BCUT2D eigenvalue weighted by molar-refractivity contribution is 7.26. The molecule has 2 nitrogen and oxygen atoms in total. The van der Waals surface area contributed by atoms with Gasteiger partial charge in [0, 0.05) is 41.3 Å². The van der Waals surface area contributed by atoms with Gasteiger partial charge in [0.05, 0.1) is 17.6 Å². The highest BCUT2D eigenvalue weighted by Crippen LogP contribution is 2.46. The summed E-state index contributed by atoms with van der Waals surface area (Å²) in [7, 11) is 0. The Morgan fingerprint density at radius 3 is 2.12 bits per heavy atom. The van der Waals surface area contributed by atoms with Gasteiger partial charge < -0.3 is 4.90 Å². The van der Waals surface area contributed by atoms with Gasteiger partial charge in [-0.15, -0.1) is 22.7 Å². The number of hydrogen-bond donors (Lipinski definition) is 0. The molecule has 0 aliphatic heterocycles. The van der Waals surface area contributed by atoms with Gasteiger partial charge in [-0.2, -0.15) is 0 Å². The van der Waals surface area contributed by atoms with Gasteiger partial charge in [-0.1, -0.05) is 103 Å². The summed E-state index contributed by atoms with van der Waals surface area (Å²) in [6.07, 6.45) is 2.04. The molecule has 3 aromatic heterocycles. The van der Waals surface area contributed by atoms with E-state index in [0.717, 1.165) is 21.9 Å². The molecule has 0 fully saturated rings. The quantitative estimate of drug-likeness (QED) is 0.205. The molecule has 0 saturated heterocycles. The second-order valence-electron chi connectivity index (χ2n) is 10.8. The molecule has 0 aliphatic carbocycles. The van der Waals surface area contributed by atoms with Gasteiger partial charge in [-0.25, -0.2) is 4.98 Å². The monoisotopic (exact) mass is 584 g/mol. The van der Waals surface area contributed by atoms with E-state index in [2.05, 4.69) is 144 Å². The van der Waals surface area contributed by atoms with Crippen LogP contribution in [0.1, 0.15) is 0 Å². The molecule has 0 spiro atoms. The summed E-state index contributed by atoms with van der Waals surface area (Å²) in [5, 5.41) is 7.55. The number of anilines is 3. The first-order valence-electron chi connectivity index (χ1n) is 14.4. The Bertz CT molecular complexity index is 2450. The molecule has 0 aliphatic rings. The smallest absolute Gasteiger partial charge is 0.124 e. The van der Waals surface area contributed by atoms with Crippen LogP contribution in [0.15, 0.2) is 146 Å². The number of benzene rings is 6. The van der Waals surface area contributed by atoms with E-state index >= 15 is 0 Å². The third-order valence-corrected chi connectivity index (χ3v) is 10.6. The summed E-state index contributed by atoms with van der Waals surface area (Å²) in [4.78, 5) is 8.52. The highest BCUT2D eigenvalue weighted by atomic mass is 32.1. The van der Waals surface area contributed by atoms with Crippen molar-refractivity contribution in [3.05, 3.63) is 146 Å². The van der Waals surface area contributed by atoms with Gasteiger partial charge in [-0.3, -0.25) is 0 Å². The average Bonchev–Trinajstić information content (AvgIpc) is 3.64. The maximum Gasteiger partial charge on any atom is 0.124 e. The van der Waals surface area contributed by atoms with Crippen molar-refractivity contribution in [2.45, 2.75) is 0 Å². The third-order valence-electron chi connectivity index (χ3n) is 8.32. The lowest BCUT2D eigenvalue weighted by Gasteiger charge is -2.26. The fourth-order valence-electron chi connectivity index (χ4n) is 6.30. The molecule has 0 saturated carbocycles. The number of pyridine rings is 1. The van der Waals surface area contributed by atoms with E-state index in [9.17, 15) is 0 Å². The predicted molar refractivity (Wildman–Crippen MR) is 188 cm³/mol. The molecule has 0 N–H and O–H groups in total. The molecule has 6 aromatic carbocycles. The van der Waals surface area contributed by atoms with Gasteiger partial charge in [0.25, 0.3) is 0 Å². The van der Waals surface area contributed by atoms with Crippen molar-refractivity contribution in [3.63, 3.8) is 0 Å². The van der Waals surface area contributed by atoms with Crippen LogP contribution in [0.2, 0.25) is 0 Å². The Morgan fingerprint density at radius 1 is 0.488 bits per heavy atom. The summed E-state index contributed by atoms with van der Waals surface area (Å²) >= 11 is 3.63. The number of hydrogen-bond acceptors (Lipinski definition) is 4. The van der Waals surface area contributed by atoms with Crippen LogP contribution in [0.4, 0.5) is 17.1 Å². The second kappa shape index (κ2) is 9.77. The molecule has 9 rings (SSSR count). The normalized spacial score (nSPS) is 11.7. The second-order valence-corrected chi connectivity index (χ2v) is 12.9. The van der Waals surface area contributed by atoms with E-state index in [-0.39, 0.29) is 0 Å². The summed E-state index contributed by atoms with van der Waals surface area (Å²) in [6, 6.07) is 50.3. The number of aromatic nitrogens is 1. The van der Waals surface area contributed by atoms with Gasteiger partial charge in [-0.05, 0) is 58.3 Å². The van der Waals surface area contributed by atoms with E-state index < -0.39 is 0 Å². The molecule has 0 amide bonds. The largest absolute Gasteiger partial charge is 0.308 e. The van der Waals surface area contributed by atoms with Gasteiger partial charge in [0.15, 0.2) is 0 Å². The van der Waals surface area contributed by atoms with E-state index in [4.69, 9.17) is 4.98 Å². The molecular weight excluding hydrogens is 561 g/mol. The van der Waals surface area contributed by atoms with Crippen LogP contribution in [-0.4, -0.2) is 4.98 Å². The van der Waals surface area contributed by atoms with Crippen LogP contribution < -0.4 is 4.90 Å². The van der Waals surface area contributed by atoms with Crippen LogP contribution in [-0.2, 0) is 0 Å². The molecule has 3 heterocycles. The fourth-order valence-corrected chi connectivity index (χ4v) is 8.59. The Morgan fingerprint density at radius 2 is 1.23 bits per heavy atom. The highest BCUT2D eigenvalue weighted by Gasteiger charge is 2.20. The Kier molecular flexibility index (Phi) is 5.58. The lowest BCUT2D eigenvalue weighted by atomic mass is 10.0. The third kappa shape index (κ3) is 3.95. The molecule has 202 valence electrons. The molecule has 0 bridgehead atoms. The van der Waals surface area contributed by atoms with Crippen molar-refractivity contribution in [1.82, 2.24) is 4.98 Å². The summed E-state index contributed by atoms with van der Waals surface area (Å²) in [5.74, 6) is 0. The molecule has 0 radical (unpaired) electrons. The summed E-state index contributed by atoms with van der Waals surface area (Å²) < 4.78 is 3.88. The van der Waals surface area contributed by atoms with Gasteiger partial charge in [0.1, 0.15) is 4.83 Å². The number of fused-ring (bicyclic) bond motifs is 8. The first-order chi connectivity index (χ1) is 21.3. The topological polar surface area (TPSA) is 16.1 Å². The SMILES string of the molecule is c1ccc(-c2ccc(N(c3cnc4sc5c6ccccc6ccc5c4c3)c3cccc4sc5ccccc5c34)cc2)cc1. The van der Waals surface area contributed by atoms with Crippen LogP contribution in [0.5, 0.6) is 0 Å². The lowest BCUT2D eigenvalue weighted by molar-refractivity contribution is 1.27.